The average molecular weight is 580 g/mol. The van der Waals surface area contributed by atoms with Crippen LogP contribution in [-0.2, 0) is 16.0 Å². The van der Waals surface area contributed by atoms with Gasteiger partial charge in [0.05, 0.1) is 54.3 Å². The molecule has 3 aliphatic carbocycles. The molecule has 0 radical (unpaired) electrons. The molecule has 2 aromatic carbocycles. The van der Waals surface area contributed by atoms with E-state index in [1.807, 2.05) is 0 Å². The van der Waals surface area contributed by atoms with Crippen molar-refractivity contribution >= 4 is 17.5 Å². The molecule has 0 saturated heterocycles. The zero-order valence-corrected chi connectivity index (χ0v) is 22.0. The summed E-state index contributed by atoms with van der Waals surface area (Å²) in [5, 5.41) is 45.5. The largest absolute Gasteiger partial charge is 0.507 e. The van der Waals surface area contributed by atoms with E-state index in [0.717, 1.165) is 0 Å². The first-order chi connectivity index (χ1) is 19.2. The third-order valence-corrected chi connectivity index (χ3v) is 8.09. The number of rotatable bonds is 4. The standard InChI is InChI=1S/C28H28F3NO9/c1-10-6-12(9-15(22(10)34)32-27(39)28(29,30)31)41-17-8-11(33)7-14-19(17)26(38)21-20(24(14)36)23(35)13-4-3-5-16(40-2)18(13)25(21)37/h3-5,10-12,15,17,22,33-34,36,38H,6-9H2,1-2H3,(H,32,39)/t10?,11?,12-,15?,17+,22-/m1/s1. The smallest absolute Gasteiger partial charge is 0.471 e. The fraction of sp³-hybridized carbons (Fsp3) is 0.464. The number of methoxy groups -OCH3 is 1. The number of amides is 1. The molecule has 1 saturated carbocycles. The third-order valence-electron chi connectivity index (χ3n) is 8.09. The van der Waals surface area contributed by atoms with Crippen LogP contribution in [0.25, 0.3) is 0 Å². The fourth-order valence-electron chi connectivity index (χ4n) is 6.19. The number of hydrogen-bond donors (Lipinski definition) is 5. The number of hydrogen-bond acceptors (Lipinski definition) is 9. The third kappa shape index (κ3) is 4.81. The molecule has 13 heteroatoms. The number of aromatic hydroxyl groups is 2. The molecule has 5 rings (SSSR count). The summed E-state index contributed by atoms with van der Waals surface area (Å²) in [5.74, 6) is -5.40. The Labute approximate surface area is 231 Å². The molecule has 10 nitrogen and oxygen atoms in total. The summed E-state index contributed by atoms with van der Waals surface area (Å²) in [5.41, 5.74) is -1.000. The second-order valence-electron chi connectivity index (χ2n) is 10.7. The van der Waals surface area contributed by atoms with Gasteiger partial charge in [-0.3, -0.25) is 14.4 Å². The molecule has 3 unspecified atom stereocenters. The van der Waals surface area contributed by atoms with E-state index in [1.54, 1.807) is 12.2 Å². The van der Waals surface area contributed by atoms with Crippen molar-refractivity contribution in [3.8, 4) is 17.2 Å². The molecular formula is C28H28F3NO9. The zero-order chi connectivity index (χ0) is 30.0. The molecule has 1 amide bonds. The lowest BCUT2D eigenvalue weighted by molar-refractivity contribution is -0.177. The van der Waals surface area contributed by atoms with Gasteiger partial charge in [-0.25, -0.2) is 0 Å². The number of phenols is 2. The van der Waals surface area contributed by atoms with Gasteiger partial charge in [-0.2, -0.15) is 13.2 Å². The Morgan fingerprint density at radius 3 is 2.34 bits per heavy atom. The molecule has 3 aliphatic rings. The molecule has 5 N–H and O–H groups in total. The van der Waals surface area contributed by atoms with Crippen molar-refractivity contribution in [3.63, 3.8) is 0 Å². The molecule has 1 fully saturated rings. The molecule has 6 atom stereocenters. The molecule has 0 spiro atoms. The number of ether oxygens (including phenoxy) is 2. The van der Waals surface area contributed by atoms with Crippen molar-refractivity contribution in [2.24, 2.45) is 5.92 Å². The summed E-state index contributed by atoms with van der Waals surface area (Å²) in [6.07, 6.45) is -9.83. The van der Waals surface area contributed by atoms with Crippen LogP contribution in [0.4, 0.5) is 13.2 Å². The fourth-order valence-corrected chi connectivity index (χ4v) is 6.19. The van der Waals surface area contributed by atoms with Gasteiger partial charge in [0, 0.05) is 29.5 Å². The number of benzene rings is 2. The van der Waals surface area contributed by atoms with Crippen molar-refractivity contribution in [1.82, 2.24) is 5.32 Å². The number of aliphatic hydroxyl groups excluding tert-OH is 2. The molecule has 41 heavy (non-hydrogen) atoms. The summed E-state index contributed by atoms with van der Waals surface area (Å²) in [4.78, 5) is 38.6. The minimum Gasteiger partial charge on any atom is -0.507 e. The van der Waals surface area contributed by atoms with E-state index in [-0.39, 0.29) is 53.7 Å². The van der Waals surface area contributed by atoms with Gasteiger partial charge in [0.1, 0.15) is 17.2 Å². The minimum atomic E-state index is -5.16. The highest BCUT2D eigenvalue weighted by Gasteiger charge is 2.46. The van der Waals surface area contributed by atoms with Crippen LogP contribution in [0.15, 0.2) is 18.2 Å². The first kappa shape index (κ1) is 28.8. The molecule has 0 aromatic heterocycles. The molecule has 2 aromatic rings. The lowest BCUT2D eigenvalue weighted by Gasteiger charge is -2.41. The van der Waals surface area contributed by atoms with E-state index in [4.69, 9.17) is 9.47 Å². The predicted molar refractivity (Wildman–Crippen MR) is 134 cm³/mol. The Morgan fingerprint density at radius 1 is 1.00 bits per heavy atom. The SMILES string of the molecule is COc1cccc2c1C(=O)c1c(O)c3c(c(O)c1C2=O)CC(O)C[C@@H]3O[C@@H]1CC(C)[C@@H](O)C(NC(=O)C(F)(F)F)C1. The van der Waals surface area contributed by atoms with Gasteiger partial charge in [-0.15, -0.1) is 0 Å². The first-order valence-electron chi connectivity index (χ1n) is 13.0. The number of alkyl halides is 3. The highest BCUT2D eigenvalue weighted by atomic mass is 19.4. The van der Waals surface area contributed by atoms with Gasteiger partial charge in [0.2, 0.25) is 5.78 Å². The maximum absolute atomic E-state index is 13.6. The van der Waals surface area contributed by atoms with Crippen molar-refractivity contribution in [2.45, 2.75) is 69.2 Å². The van der Waals surface area contributed by atoms with Crippen molar-refractivity contribution in [1.29, 1.82) is 0 Å². The van der Waals surface area contributed by atoms with E-state index >= 15 is 0 Å². The molecular weight excluding hydrogens is 551 g/mol. The number of halogens is 3. The van der Waals surface area contributed by atoms with E-state index in [2.05, 4.69) is 0 Å². The monoisotopic (exact) mass is 579 g/mol. The minimum absolute atomic E-state index is 0.00307. The summed E-state index contributed by atoms with van der Waals surface area (Å²) in [7, 11) is 1.31. The van der Waals surface area contributed by atoms with E-state index in [1.165, 1.54) is 25.3 Å². The number of aliphatic hydroxyl groups is 2. The summed E-state index contributed by atoms with van der Waals surface area (Å²) in [6, 6.07) is 3.08. The lowest BCUT2D eigenvalue weighted by Crippen LogP contribution is -2.54. The van der Waals surface area contributed by atoms with Crippen LogP contribution in [0.2, 0.25) is 0 Å². The zero-order valence-electron chi connectivity index (χ0n) is 22.0. The number of ketones is 2. The van der Waals surface area contributed by atoms with Crippen LogP contribution in [0.3, 0.4) is 0 Å². The number of carbonyl (C=O) groups is 3. The Kier molecular flexibility index (Phi) is 7.24. The molecule has 0 bridgehead atoms. The molecule has 220 valence electrons. The van der Waals surface area contributed by atoms with Crippen LogP contribution in [-0.4, -0.2) is 75.5 Å². The molecule has 0 heterocycles. The second kappa shape index (κ2) is 10.3. The van der Waals surface area contributed by atoms with Gasteiger partial charge in [-0.05, 0) is 24.8 Å². The lowest BCUT2D eigenvalue weighted by atomic mass is 9.76. The van der Waals surface area contributed by atoms with Crippen LogP contribution < -0.4 is 10.1 Å². The van der Waals surface area contributed by atoms with Crippen LogP contribution in [0, 0.1) is 5.92 Å². The number of carbonyl (C=O) groups excluding carboxylic acids is 3. The predicted octanol–water partition coefficient (Wildman–Crippen LogP) is 2.45. The van der Waals surface area contributed by atoms with E-state index in [9.17, 15) is 48.0 Å². The first-order valence-corrected chi connectivity index (χ1v) is 13.0. The van der Waals surface area contributed by atoms with Gasteiger partial charge >= 0.3 is 12.1 Å². The maximum Gasteiger partial charge on any atom is 0.471 e. The van der Waals surface area contributed by atoms with Gasteiger partial charge in [0.15, 0.2) is 5.78 Å². The maximum atomic E-state index is 13.6. The van der Waals surface area contributed by atoms with Gasteiger partial charge in [-0.1, -0.05) is 19.1 Å². The number of phenolic OH excluding ortho intramolecular Hbond substituents is 2. The summed E-state index contributed by atoms with van der Waals surface area (Å²) >= 11 is 0. The highest BCUT2D eigenvalue weighted by molar-refractivity contribution is 6.31. The normalized spacial score (nSPS) is 27.5. The van der Waals surface area contributed by atoms with Crippen LogP contribution in [0.5, 0.6) is 17.2 Å². The topological polar surface area (TPSA) is 163 Å². The van der Waals surface area contributed by atoms with Crippen molar-refractivity contribution in [2.75, 3.05) is 7.11 Å². The Hall–Kier alpha value is -3.68. The van der Waals surface area contributed by atoms with Crippen LogP contribution >= 0.6 is 0 Å². The number of fused-ring (bicyclic) bond motifs is 3. The summed E-state index contributed by atoms with van der Waals surface area (Å²) in [6.45, 7) is 1.57. The summed E-state index contributed by atoms with van der Waals surface area (Å²) < 4.78 is 50.0. The Balaban J connectivity index is 1.53. The highest BCUT2D eigenvalue weighted by Crippen LogP contribution is 2.50. The Morgan fingerprint density at radius 2 is 1.68 bits per heavy atom. The molecule has 0 aliphatic heterocycles. The number of nitrogens with one attached hydrogen (secondary N) is 1. The average Bonchev–Trinajstić information content (AvgIpc) is 2.90. The van der Waals surface area contributed by atoms with Crippen LogP contribution in [0.1, 0.15) is 75.3 Å². The van der Waals surface area contributed by atoms with E-state index < -0.39 is 82.7 Å². The van der Waals surface area contributed by atoms with Gasteiger partial charge < -0.3 is 35.2 Å². The Bertz CT molecular complexity index is 1440. The van der Waals surface area contributed by atoms with Crippen molar-refractivity contribution < 1.29 is 57.5 Å². The van der Waals surface area contributed by atoms with Gasteiger partial charge in [0.25, 0.3) is 0 Å². The van der Waals surface area contributed by atoms with E-state index in [0.29, 0.717) is 0 Å². The quantitative estimate of drug-likeness (QED) is 0.292. The second-order valence-corrected chi connectivity index (χ2v) is 10.7. The van der Waals surface area contributed by atoms with Crippen molar-refractivity contribution in [3.05, 3.63) is 51.6 Å².